The van der Waals surface area contributed by atoms with E-state index in [1.807, 2.05) is 17.9 Å². The fourth-order valence-corrected chi connectivity index (χ4v) is 5.47. The number of thiophene rings is 1. The van der Waals surface area contributed by atoms with Gasteiger partial charge in [0, 0.05) is 52.9 Å². The normalized spacial score (nSPS) is 14.8. The lowest BCUT2D eigenvalue weighted by Crippen LogP contribution is -2.36. The first-order valence-corrected chi connectivity index (χ1v) is 11.2. The van der Waals surface area contributed by atoms with E-state index < -0.39 is 0 Å². The number of anilines is 1. The molecule has 29 heavy (non-hydrogen) atoms. The van der Waals surface area contributed by atoms with Crippen LogP contribution in [0.15, 0.2) is 47.5 Å². The quantitative estimate of drug-likeness (QED) is 0.455. The van der Waals surface area contributed by atoms with Gasteiger partial charge in [-0.3, -0.25) is 4.98 Å². The van der Waals surface area contributed by atoms with Crippen molar-refractivity contribution in [3.05, 3.63) is 47.5 Å². The maximum absolute atomic E-state index is 5.56. The summed E-state index contributed by atoms with van der Waals surface area (Å²) in [5, 5.41) is 3.34. The molecular formula is C21H17N5OS2. The summed E-state index contributed by atoms with van der Waals surface area (Å²) in [5.74, 6) is 1.76. The van der Waals surface area contributed by atoms with E-state index in [2.05, 4.69) is 44.5 Å². The van der Waals surface area contributed by atoms with Crippen LogP contribution >= 0.6 is 22.7 Å². The number of morpholine rings is 1. The summed E-state index contributed by atoms with van der Waals surface area (Å²) in [4.78, 5) is 21.0. The molecular weight excluding hydrogens is 402 g/mol. The van der Waals surface area contributed by atoms with Gasteiger partial charge in [-0.2, -0.15) is 0 Å². The molecule has 144 valence electrons. The van der Waals surface area contributed by atoms with Crippen molar-refractivity contribution in [2.45, 2.75) is 0 Å². The van der Waals surface area contributed by atoms with Crippen LogP contribution in [0.1, 0.15) is 0 Å². The number of hydrogen-bond acceptors (Lipinski definition) is 7. The largest absolute Gasteiger partial charge is 0.378 e. The van der Waals surface area contributed by atoms with E-state index in [0.29, 0.717) is 0 Å². The van der Waals surface area contributed by atoms with Gasteiger partial charge in [-0.05, 0) is 24.3 Å². The smallest absolute Gasteiger partial charge is 0.162 e. The SMILES string of the molecule is c1cc2cc(-c3nc(N4CCOCC4)c4scc(-c5cncs5)c4n3)ccc2[nH]1. The topological polar surface area (TPSA) is 66.9 Å². The highest BCUT2D eigenvalue weighted by molar-refractivity contribution is 7.19. The number of rotatable bonds is 3. The zero-order chi connectivity index (χ0) is 19.2. The summed E-state index contributed by atoms with van der Waals surface area (Å²) in [6.45, 7) is 3.14. The van der Waals surface area contributed by atoms with Crippen molar-refractivity contribution in [2.75, 3.05) is 31.2 Å². The average Bonchev–Trinajstić information content (AvgIpc) is 3.53. The molecule has 1 aliphatic rings. The minimum absolute atomic E-state index is 0.725. The number of H-pyrrole nitrogens is 1. The molecule has 0 spiro atoms. The Bertz CT molecular complexity index is 1300. The second-order valence-electron chi connectivity index (χ2n) is 6.94. The van der Waals surface area contributed by atoms with E-state index in [1.54, 1.807) is 22.7 Å². The summed E-state index contributed by atoms with van der Waals surface area (Å²) < 4.78 is 6.69. The third-order valence-corrected chi connectivity index (χ3v) is 6.99. The molecule has 0 unspecified atom stereocenters. The first-order chi connectivity index (χ1) is 14.4. The lowest BCUT2D eigenvalue weighted by molar-refractivity contribution is 0.122. The van der Waals surface area contributed by atoms with Gasteiger partial charge in [-0.25, -0.2) is 9.97 Å². The lowest BCUT2D eigenvalue weighted by Gasteiger charge is -2.28. The van der Waals surface area contributed by atoms with Crippen LogP contribution < -0.4 is 4.90 Å². The van der Waals surface area contributed by atoms with E-state index in [0.717, 1.165) is 75.1 Å². The van der Waals surface area contributed by atoms with Crippen LogP contribution in [0.2, 0.25) is 0 Å². The molecule has 1 fully saturated rings. The van der Waals surface area contributed by atoms with Gasteiger partial charge in [0.1, 0.15) is 0 Å². The van der Waals surface area contributed by atoms with Gasteiger partial charge in [0.2, 0.25) is 0 Å². The Labute approximate surface area is 174 Å². The highest BCUT2D eigenvalue weighted by Crippen LogP contribution is 2.40. The van der Waals surface area contributed by atoms with Crippen LogP contribution in [0.25, 0.3) is 42.9 Å². The molecule has 5 aromatic rings. The molecule has 1 saturated heterocycles. The summed E-state index contributed by atoms with van der Waals surface area (Å²) in [6, 6.07) is 8.40. The van der Waals surface area contributed by atoms with Gasteiger partial charge >= 0.3 is 0 Å². The Balaban J connectivity index is 1.58. The number of nitrogens with one attached hydrogen (secondary N) is 1. The van der Waals surface area contributed by atoms with Crippen molar-refractivity contribution >= 4 is 49.6 Å². The Kier molecular flexibility index (Phi) is 4.07. The molecule has 4 aromatic heterocycles. The van der Waals surface area contributed by atoms with Crippen LogP contribution in [0.3, 0.4) is 0 Å². The molecule has 0 atom stereocenters. The maximum Gasteiger partial charge on any atom is 0.162 e. The number of aromatic amines is 1. The summed E-state index contributed by atoms with van der Waals surface area (Å²) in [5.41, 5.74) is 6.14. The van der Waals surface area contributed by atoms with Gasteiger partial charge in [-0.1, -0.05) is 0 Å². The molecule has 8 heteroatoms. The molecule has 1 aromatic carbocycles. The van der Waals surface area contributed by atoms with Crippen molar-refractivity contribution in [1.29, 1.82) is 0 Å². The second-order valence-corrected chi connectivity index (χ2v) is 8.71. The predicted molar refractivity (Wildman–Crippen MR) is 119 cm³/mol. The number of fused-ring (bicyclic) bond motifs is 2. The summed E-state index contributed by atoms with van der Waals surface area (Å²) in [6.07, 6.45) is 3.87. The number of hydrogen-bond donors (Lipinski definition) is 1. The highest BCUT2D eigenvalue weighted by Gasteiger charge is 2.22. The number of thiazole rings is 1. The number of benzene rings is 1. The molecule has 0 amide bonds. The van der Waals surface area contributed by atoms with Gasteiger partial charge < -0.3 is 14.6 Å². The van der Waals surface area contributed by atoms with Crippen molar-refractivity contribution in [1.82, 2.24) is 19.9 Å². The van der Waals surface area contributed by atoms with Gasteiger partial charge in [0.25, 0.3) is 0 Å². The van der Waals surface area contributed by atoms with Crippen molar-refractivity contribution < 1.29 is 4.74 Å². The molecule has 0 saturated carbocycles. The van der Waals surface area contributed by atoms with Crippen molar-refractivity contribution in [3.63, 3.8) is 0 Å². The fourth-order valence-electron chi connectivity index (χ4n) is 3.74. The zero-order valence-corrected chi connectivity index (χ0v) is 17.1. The molecule has 6 nitrogen and oxygen atoms in total. The summed E-state index contributed by atoms with van der Waals surface area (Å²) in [7, 11) is 0. The monoisotopic (exact) mass is 419 g/mol. The van der Waals surface area contributed by atoms with E-state index in [1.165, 1.54) is 0 Å². The molecule has 1 N–H and O–H groups in total. The third-order valence-electron chi connectivity index (χ3n) is 5.22. The zero-order valence-electron chi connectivity index (χ0n) is 15.5. The maximum atomic E-state index is 5.56. The minimum atomic E-state index is 0.725. The molecule has 0 radical (unpaired) electrons. The van der Waals surface area contributed by atoms with Crippen molar-refractivity contribution in [2.24, 2.45) is 0 Å². The lowest BCUT2D eigenvalue weighted by atomic mass is 10.1. The van der Waals surface area contributed by atoms with E-state index >= 15 is 0 Å². The van der Waals surface area contributed by atoms with Crippen LogP contribution in [-0.2, 0) is 4.74 Å². The van der Waals surface area contributed by atoms with E-state index in [4.69, 9.17) is 14.7 Å². The van der Waals surface area contributed by atoms with Crippen LogP contribution in [0.4, 0.5) is 5.82 Å². The Morgan fingerprint density at radius 1 is 1.07 bits per heavy atom. The Morgan fingerprint density at radius 3 is 2.86 bits per heavy atom. The van der Waals surface area contributed by atoms with Gasteiger partial charge in [-0.15, -0.1) is 22.7 Å². The number of aromatic nitrogens is 4. The average molecular weight is 420 g/mol. The second kappa shape index (κ2) is 6.91. The van der Waals surface area contributed by atoms with E-state index in [-0.39, 0.29) is 0 Å². The van der Waals surface area contributed by atoms with Crippen LogP contribution in [0.5, 0.6) is 0 Å². The molecule has 0 bridgehead atoms. The van der Waals surface area contributed by atoms with Gasteiger partial charge in [0.05, 0.1) is 33.8 Å². The van der Waals surface area contributed by atoms with Crippen LogP contribution in [-0.4, -0.2) is 46.2 Å². The third kappa shape index (κ3) is 2.91. The minimum Gasteiger partial charge on any atom is -0.378 e. The molecule has 1 aliphatic heterocycles. The van der Waals surface area contributed by atoms with E-state index in [9.17, 15) is 0 Å². The van der Waals surface area contributed by atoms with Gasteiger partial charge in [0.15, 0.2) is 11.6 Å². The van der Waals surface area contributed by atoms with Crippen LogP contribution in [0, 0.1) is 0 Å². The number of nitrogens with zero attached hydrogens (tertiary/aromatic N) is 4. The predicted octanol–water partition coefficient (Wildman–Crippen LogP) is 4.80. The fraction of sp³-hybridized carbons (Fsp3) is 0.190. The highest BCUT2D eigenvalue weighted by atomic mass is 32.1. The number of ether oxygens (including phenoxy) is 1. The summed E-state index contributed by atoms with van der Waals surface area (Å²) >= 11 is 3.35. The molecule has 0 aliphatic carbocycles. The standard InChI is InChI=1S/C21H17N5OS2/c1-2-16-13(3-4-23-16)9-14(1)20-24-18-15(17-10-22-12-29-17)11-28-19(18)21(25-20)26-5-7-27-8-6-26/h1-4,9-12,23H,5-8H2. The molecule has 6 rings (SSSR count). The van der Waals surface area contributed by atoms with Crippen molar-refractivity contribution in [3.8, 4) is 21.8 Å². The first-order valence-electron chi connectivity index (χ1n) is 9.45. The Hall–Kier alpha value is -2.81. The Morgan fingerprint density at radius 2 is 2.00 bits per heavy atom. The molecule has 5 heterocycles. The first kappa shape index (κ1) is 17.1.